The molecule has 1 aromatic rings. The Kier molecular flexibility index (Phi) is 3.45. The number of carboxylic acid groups (broad SMARTS) is 1. The van der Waals surface area contributed by atoms with Crippen LogP contribution in [0.3, 0.4) is 0 Å². The summed E-state index contributed by atoms with van der Waals surface area (Å²) < 4.78 is 0.724. The number of benzene rings is 1. The third kappa shape index (κ3) is 2.54. The molecule has 0 unspecified atom stereocenters. The minimum atomic E-state index is -0.948. The van der Waals surface area contributed by atoms with E-state index in [0.717, 1.165) is 10.0 Å². The van der Waals surface area contributed by atoms with Gasteiger partial charge in [0, 0.05) is 11.1 Å². The molecule has 0 saturated carbocycles. The first-order valence-corrected chi connectivity index (χ1v) is 4.57. The summed E-state index contributed by atoms with van der Waals surface area (Å²) in [4.78, 5) is 10.6. The van der Waals surface area contributed by atoms with E-state index in [2.05, 4.69) is 15.9 Å². The monoisotopic (exact) mass is 244 g/mol. The van der Waals surface area contributed by atoms with Crippen molar-refractivity contribution in [3.05, 3.63) is 33.8 Å². The third-order valence-corrected chi connectivity index (χ3v) is 2.42. The van der Waals surface area contributed by atoms with Crippen molar-refractivity contribution in [2.75, 3.05) is 6.61 Å². The highest BCUT2D eigenvalue weighted by Crippen LogP contribution is 2.18. The van der Waals surface area contributed by atoms with Crippen LogP contribution >= 0.6 is 15.9 Å². The van der Waals surface area contributed by atoms with Crippen molar-refractivity contribution in [2.24, 2.45) is 0 Å². The van der Waals surface area contributed by atoms with Crippen molar-refractivity contribution in [3.63, 3.8) is 0 Å². The van der Waals surface area contributed by atoms with Gasteiger partial charge in [-0.2, -0.15) is 0 Å². The van der Waals surface area contributed by atoms with Crippen molar-refractivity contribution in [2.45, 2.75) is 6.42 Å². The fraction of sp³-hybridized carbons (Fsp3) is 0.222. The quantitative estimate of drug-likeness (QED) is 0.851. The molecule has 4 heteroatoms. The Bertz CT molecular complexity index is 323. The molecule has 0 spiro atoms. The van der Waals surface area contributed by atoms with Crippen LogP contribution in [-0.2, 0) is 6.42 Å². The highest BCUT2D eigenvalue weighted by Gasteiger charge is 2.05. The van der Waals surface area contributed by atoms with Gasteiger partial charge in [0.25, 0.3) is 0 Å². The molecule has 0 aliphatic heterocycles. The lowest BCUT2D eigenvalue weighted by molar-refractivity contribution is 0.0697. The van der Waals surface area contributed by atoms with E-state index in [9.17, 15) is 4.79 Å². The summed E-state index contributed by atoms with van der Waals surface area (Å²) in [7, 11) is 0. The zero-order chi connectivity index (χ0) is 9.84. The molecule has 1 aromatic carbocycles. The van der Waals surface area contributed by atoms with Gasteiger partial charge in [-0.15, -0.1) is 0 Å². The summed E-state index contributed by atoms with van der Waals surface area (Å²) in [6.07, 6.45) is 0.528. The SMILES string of the molecule is O=C(O)c1ccc(CCO)c(Br)c1. The highest BCUT2D eigenvalue weighted by molar-refractivity contribution is 9.10. The van der Waals surface area contributed by atoms with Gasteiger partial charge in [-0.05, 0) is 24.1 Å². The Balaban J connectivity index is 2.98. The molecule has 0 saturated heterocycles. The van der Waals surface area contributed by atoms with Gasteiger partial charge in [0.15, 0.2) is 0 Å². The molecule has 0 aromatic heterocycles. The van der Waals surface area contributed by atoms with E-state index in [1.54, 1.807) is 6.07 Å². The third-order valence-electron chi connectivity index (χ3n) is 1.68. The number of aromatic carboxylic acids is 1. The van der Waals surface area contributed by atoms with E-state index in [1.165, 1.54) is 12.1 Å². The van der Waals surface area contributed by atoms with Crippen LogP contribution in [0.1, 0.15) is 15.9 Å². The standard InChI is InChI=1S/C9H9BrO3/c10-8-5-7(9(12)13)2-1-6(8)3-4-11/h1-2,5,11H,3-4H2,(H,12,13). The number of hydrogen-bond acceptors (Lipinski definition) is 2. The zero-order valence-electron chi connectivity index (χ0n) is 6.83. The van der Waals surface area contributed by atoms with Gasteiger partial charge in [-0.25, -0.2) is 4.79 Å². The molecule has 1 rings (SSSR count). The van der Waals surface area contributed by atoms with Crippen molar-refractivity contribution >= 4 is 21.9 Å². The molecule has 0 amide bonds. The van der Waals surface area contributed by atoms with Crippen LogP contribution < -0.4 is 0 Å². The number of aliphatic hydroxyl groups is 1. The van der Waals surface area contributed by atoms with E-state index >= 15 is 0 Å². The van der Waals surface area contributed by atoms with Gasteiger partial charge in [0.05, 0.1) is 5.56 Å². The van der Waals surface area contributed by atoms with Gasteiger partial charge in [0.2, 0.25) is 0 Å². The van der Waals surface area contributed by atoms with Crippen LogP contribution in [0.5, 0.6) is 0 Å². The maximum Gasteiger partial charge on any atom is 0.335 e. The van der Waals surface area contributed by atoms with Crippen LogP contribution in [0.15, 0.2) is 22.7 Å². The maximum atomic E-state index is 10.6. The molecule has 0 atom stereocenters. The summed E-state index contributed by atoms with van der Waals surface area (Å²) in [5.74, 6) is -0.948. The fourth-order valence-corrected chi connectivity index (χ4v) is 1.58. The topological polar surface area (TPSA) is 57.5 Å². The molecule has 2 N–H and O–H groups in total. The van der Waals surface area contributed by atoms with Crippen LogP contribution in [0.2, 0.25) is 0 Å². The molecule has 13 heavy (non-hydrogen) atoms. The van der Waals surface area contributed by atoms with Crippen molar-refractivity contribution < 1.29 is 15.0 Å². The summed E-state index contributed by atoms with van der Waals surface area (Å²) in [6, 6.07) is 4.76. The number of carbonyl (C=O) groups is 1. The second kappa shape index (κ2) is 4.39. The van der Waals surface area contributed by atoms with Gasteiger partial charge in [0.1, 0.15) is 0 Å². The zero-order valence-corrected chi connectivity index (χ0v) is 8.41. The Morgan fingerprint density at radius 1 is 1.46 bits per heavy atom. The first kappa shape index (κ1) is 10.2. The highest BCUT2D eigenvalue weighted by atomic mass is 79.9. The predicted molar refractivity (Wildman–Crippen MR) is 51.9 cm³/mol. The lowest BCUT2D eigenvalue weighted by Crippen LogP contribution is -1.98. The number of hydrogen-bond donors (Lipinski definition) is 2. The smallest absolute Gasteiger partial charge is 0.335 e. The van der Waals surface area contributed by atoms with Gasteiger partial charge >= 0.3 is 5.97 Å². The molecule has 0 aliphatic rings. The van der Waals surface area contributed by atoms with E-state index in [-0.39, 0.29) is 12.2 Å². The Morgan fingerprint density at radius 3 is 2.62 bits per heavy atom. The number of carboxylic acids is 1. The number of rotatable bonds is 3. The largest absolute Gasteiger partial charge is 0.478 e. The summed E-state index contributed by atoms with van der Waals surface area (Å²) in [5.41, 5.74) is 1.15. The van der Waals surface area contributed by atoms with E-state index < -0.39 is 5.97 Å². The summed E-state index contributed by atoms with van der Waals surface area (Å²) >= 11 is 3.24. The normalized spacial score (nSPS) is 10.0. The fourth-order valence-electron chi connectivity index (χ4n) is 1.00. The summed E-state index contributed by atoms with van der Waals surface area (Å²) in [6.45, 7) is 0.0605. The molecule has 0 heterocycles. The average molecular weight is 245 g/mol. The number of aliphatic hydroxyl groups excluding tert-OH is 1. The van der Waals surface area contributed by atoms with Crippen molar-refractivity contribution in [3.8, 4) is 0 Å². The maximum absolute atomic E-state index is 10.6. The second-order valence-electron chi connectivity index (χ2n) is 2.58. The Hall–Kier alpha value is -0.870. The predicted octanol–water partition coefficient (Wildman–Crippen LogP) is 1.68. The molecule has 3 nitrogen and oxygen atoms in total. The summed E-state index contributed by atoms with van der Waals surface area (Å²) in [5, 5.41) is 17.3. The average Bonchev–Trinajstić information content (AvgIpc) is 2.08. The van der Waals surface area contributed by atoms with Gasteiger partial charge in [-0.1, -0.05) is 22.0 Å². The Labute approximate surface area is 84.1 Å². The minimum absolute atomic E-state index is 0.0605. The molecular weight excluding hydrogens is 236 g/mol. The lowest BCUT2D eigenvalue weighted by atomic mass is 10.1. The first-order chi connectivity index (χ1) is 6.15. The van der Waals surface area contributed by atoms with E-state index in [1.807, 2.05) is 0 Å². The molecule has 70 valence electrons. The number of halogens is 1. The van der Waals surface area contributed by atoms with Gasteiger partial charge < -0.3 is 10.2 Å². The minimum Gasteiger partial charge on any atom is -0.478 e. The van der Waals surface area contributed by atoms with Crippen LogP contribution in [0.4, 0.5) is 0 Å². The van der Waals surface area contributed by atoms with Crippen LogP contribution in [0.25, 0.3) is 0 Å². The molecule has 0 bridgehead atoms. The van der Waals surface area contributed by atoms with E-state index in [4.69, 9.17) is 10.2 Å². The second-order valence-corrected chi connectivity index (χ2v) is 3.44. The van der Waals surface area contributed by atoms with Crippen molar-refractivity contribution in [1.29, 1.82) is 0 Å². The lowest BCUT2D eigenvalue weighted by Gasteiger charge is -2.02. The van der Waals surface area contributed by atoms with E-state index in [0.29, 0.717) is 6.42 Å². The van der Waals surface area contributed by atoms with Crippen LogP contribution in [-0.4, -0.2) is 22.8 Å². The Morgan fingerprint density at radius 2 is 2.15 bits per heavy atom. The van der Waals surface area contributed by atoms with Crippen LogP contribution in [0, 0.1) is 0 Å². The molecule has 0 aliphatic carbocycles. The molecule has 0 radical (unpaired) electrons. The molecular formula is C9H9BrO3. The van der Waals surface area contributed by atoms with Crippen molar-refractivity contribution in [1.82, 2.24) is 0 Å². The first-order valence-electron chi connectivity index (χ1n) is 3.77. The molecule has 0 fully saturated rings. The van der Waals surface area contributed by atoms with Gasteiger partial charge in [-0.3, -0.25) is 0 Å².